The third kappa shape index (κ3) is 3.96. The minimum absolute atomic E-state index is 0.176. The molecular weight excluding hydrogens is 258 g/mol. The van der Waals surface area contributed by atoms with E-state index in [-0.39, 0.29) is 11.6 Å². The van der Waals surface area contributed by atoms with Crippen LogP contribution in [0.5, 0.6) is 0 Å². The molecule has 1 rings (SSSR count). The Morgan fingerprint density at radius 2 is 2.17 bits per heavy atom. The molecule has 7 heteroatoms. The van der Waals surface area contributed by atoms with Crippen molar-refractivity contribution in [3.05, 3.63) is 11.4 Å². The van der Waals surface area contributed by atoms with Gasteiger partial charge in [-0.05, 0) is 20.3 Å². The fourth-order valence-corrected chi connectivity index (χ4v) is 1.73. The molecule has 0 saturated heterocycles. The van der Waals surface area contributed by atoms with Gasteiger partial charge in [0.1, 0.15) is 0 Å². The quantitative estimate of drug-likeness (QED) is 0.410. The van der Waals surface area contributed by atoms with Gasteiger partial charge in [-0.3, -0.25) is 0 Å². The van der Waals surface area contributed by atoms with E-state index >= 15 is 0 Å². The standard InChI is InChI=1S/C11H18ClN3O3/c1-3-17-7-5-6-15-9(8-12)10(13-14-15)11(16)18-4-2/h3-8H2,1-2H3. The number of nitrogens with zero attached hydrogens (tertiary/aromatic N) is 3. The topological polar surface area (TPSA) is 66.2 Å². The predicted octanol–water partition coefficient (Wildman–Crippen LogP) is 1.62. The van der Waals surface area contributed by atoms with Crippen molar-refractivity contribution in [3.8, 4) is 0 Å². The molecule has 1 aromatic heterocycles. The van der Waals surface area contributed by atoms with Crippen molar-refractivity contribution in [2.75, 3.05) is 19.8 Å². The van der Waals surface area contributed by atoms with Crippen LogP contribution in [0.25, 0.3) is 0 Å². The van der Waals surface area contributed by atoms with E-state index in [0.717, 1.165) is 6.42 Å². The second-order valence-corrected chi connectivity index (χ2v) is 3.78. The van der Waals surface area contributed by atoms with Crippen molar-refractivity contribution in [1.82, 2.24) is 15.0 Å². The van der Waals surface area contributed by atoms with Crippen molar-refractivity contribution >= 4 is 17.6 Å². The Bertz CT molecular complexity index is 382. The van der Waals surface area contributed by atoms with Crippen molar-refractivity contribution in [1.29, 1.82) is 0 Å². The second-order valence-electron chi connectivity index (χ2n) is 3.51. The number of hydrogen-bond donors (Lipinski definition) is 0. The zero-order valence-electron chi connectivity index (χ0n) is 10.7. The van der Waals surface area contributed by atoms with E-state index < -0.39 is 5.97 Å². The summed E-state index contributed by atoms with van der Waals surface area (Å²) in [6.45, 7) is 5.94. The molecule has 0 aromatic carbocycles. The summed E-state index contributed by atoms with van der Waals surface area (Å²) in [7, 11) is 0. The van der Waals surface area contributed by atoms with E-state index in [1.807, 2.05) is 6.92 Å². The van der Waals surface area contributed by atoms with Gasteiger partial charge in [-0.25, -0.2) is 9.48 Å². The Hall–Kier alpha value is -1.14. The Morgan fingerprint density at radius 3 is 2.78 bits per heavy atom. The normalized spacial score (nSPS) is 10.6. The second kappa shape index (κ2) is 8.05. The Kier molecular flexibility index (Phi) is 6.67. The molecule has 0 aliphatic carbocycles. The maximum Gasteiger partial charge on any atom is 0.360 e. The zero-order valence-corrected chi connectivity index (χ0v) is 11.4. The summed E-state index contributed by atoms with van der Waals surface area (Å²) in [5.74, 6) is -0.306. The highest BCUT2D eigenvalue weighted by molar-refractivity contribution is 6.17. The maximum atomic E-state index is 11.6. The monoisotopic (exact) mass is 275 g/mol. The molecule has 0 aliphatic heterocycles. The van der Waals surface area contributed by atoms with E-state index in [9.17, 15) is 4.79 Å². The van der Waals surface area contributed by atoms with Crippen LogP contribution >= 0.6 is 11.6 Å². The predicted molar refractivity (Wildman–Crippen MR) is 66.6 cm³/mol. The summed E-state index contributed by atoms with van der Waals surface area (Å²) in [4.78, 5) is 11.6. The number of carbonyl (C=O) groups excluding carboxylic acids is 1. The Balaban J connectivity index is 2.66. The van der Waals surface area contributed by atoms with Gasteiger partial charge in [0.2, 0.25) is 0 Å². The lowest BCUT2D eigenvalue weighted by Gasteiger charge is -2.05. The summed E-state index contributed by atoms with van der Waals surface area (Å²) in [6.07, 6.45) is 0.795. The number of carbonyl (C=O) groups is 1. The minimum Gasteiger partial charge on any atom is -0.461 e. The molecule has 0 N–H and O–H groups in total. The van der Waals surface area contributed by atoms with Gasteiger partial charge in [0, 0.05) is 19.8 Å². The first-order chi connectivity index (χ1) is 8.74. The first-order valence-electron chi connectivity index (χ1n) is 5.97. The van der Waals surface area contributed by atoms with Gasteiger partial charge in [0.05, 0.1) is 18.2 Å². The van der Waals surface area contributed by atoms with Crippen LogP contribution in [0.15, 0.2) is 0 Å². The lowest BCUT2D eigenvalue weighted by atomic mass is 10.3. The molecule has 0 aliphatic rings. The molecule has 0 fully saturated rings. The number of hydrogen-bond acceptors (Lipinski definition) is 5. The first-order valence-corrected chi connectivity index (χ1v) is 6.51. The van der Waals surface area contributed by atoms with Gasteiger partial charge in [-0.15, -0.1) is 16.7 Å². The van der Waals surface area contributed by atoms with Crippen LogP contribution in [0.3, 0.4) is 0 Å². The van der Waals surface area contributed by atoms with Gasteiger partial charge in [-0.1, -0.05) is 5.21 Å². The van der Waals surface area contributed by atoms with Crippen molar-refractivity contribution < 1.29 is 14.3 Å². The summed E-state index contributed by atoms with van der Waals surface area (Å²) >= 11 is 5.82. The number of esters is 1. The van der Waals surface area contributed by atoms with Gasteiger partial charge in [0.25, 0.3) is 0 Å². The summed E-state index contributed by atoms with van der Waals surface area (Å²) in [5.41, 5.74) is 0.787. The molecule has 18 heavy (non-hydrogen) atoms. The molecule has 0 radical (unpaired) electrons. The zero-order chi connectivity index (χ0) is 13.4. The number of halogens is 1. The van der Waals surface area contributed by atoms with E-state index in [4.69, 9.17) is 21.1 Å². The SMILES string of the molecule is CCOCCCn1nnc(C(=O)OCC)c1CCl. The van der Waals surface area contributed by atoms with E-state index in [2.05, 4.69) is 10.3 Å². The van der Waals surface area contributed by atoms with Crippen molar-refractivity contribution in [2.24, 2.45) is 0 Å². The molecular formula is C11H18ClN3O3. The Morgan fingerprint density at radius 1 is 1.39 bits per heavy atom. The fraction of sp³-hybridized carbons (Fsp3) is 0.727. The van der Waals surface area contributed by atoms with Crippen LogP contribution < -0.4 is 0 Å². The summed E-state index contributed by atoms with van der Waals surface area (Å²) < 4.78 is 11.7. The average molecular weight is 276 g/mol. The molecule has 0 unspecified atom stereocenters. The molecule has 0 atom stereocenters. The van der Waals surface area contributed by atoms with Crippen LogP contribution in [0.4, 0.5) is 0 Å². The van der Waals surface area contributed by atoms with Crippen LogP contribution in [-0.2, 0) is 21.9 Å². The van der Waals surface area contributed by atoms with Gasteiger partial charge < -0.3 is 9.47 Å². The van der Waals surface area contributed by atoms with Crippen LogP contribution in [0.2, 0.25) is 0 Å². The fourth-order valence-electron chi connectivity index (χ4n) is 1.46. The van der Waals surface area contributed by atoms with E-state index in [0.29, 0.717) is 32.1 Å². The first kappa shape index (κ1) is 14.9. The molecule has 1 heterocycles. The molecule has 6 nitrogen and oxygen atoms in total. The van der Waals surface area contributed by atoms with Crippen LogP contribution in [0.1, 0.15) is 36.5 Å². The molecule has 0 saturated carbocycles. The number of rotatable bonds is 8. The van der Waals surface area contributed by atoms with Gasteiger partial charge >= 0.3 is 5.97 Å². The maximum absolute atomic E-state index is 11.6. The highest BCUT2D eigenvalue weighted by atomic mass is 35.5. The average Bonchev–Trinajstić information content (AvgIpc) is 2.78. The molecule has 0 spiro atoms. The number of alkyl halides is 1. The van der Waals surface area contributed by atoms with Crippen LogP contribution in [0, 0.1) is 0 Å². The highest BCUT2D eigenvalue weighted by Crippen LogP contribution is 2.11. The largest absolute Gasteiger partial charge is 0.461 e. The van der Waals surface area contributed by atoms with Crippen LogP contribution in [-0.4, -0.2) is 40.8 Å². The summed E-state index contributed by atoms with van der Waals surface area (Å²) in [5, 5.41) is 7.73. The smallest absolute Gasteiger partial charge is 0.360 e. The molecule has 1 aromatic rings. The number of aryl methyl sites for hydroxylation is 1. The van der Waals surface area contributed by atoms with Gasteiger partial charge in [0.15, 0.2) is 5.69 Å². The van der Waals surface area contributed by atoms with Crippen molar-refractivity contribution in [3.63, 3.8) is 0 Å². The third-order valence-electron chi connectivity index (χ3n) is 2.30. The number of ether oxygens (including phenoxy) is 2. The lowest BCUT2D eigenvalue weighted by molar-refractivity contribution is 0.0518. The molecule has 102 valence electrons. The Labute approximate surface area is 111 Å². The highest BCUT2D eigenvalue weighted by Gasteiger charge is 2.19. The minimum atomic E-state index is -0.482. The lowest BCUT2D eigenvalue weighted by Crippen LogP contribution is -2.11. The van der Waals surface area contributed by atoms with Gasteiger partial charge in [-0.2, -0.15) is 0 Å². The van der Waals surface area contributed by atoms with Crippen molar-refractivity contribution in [2.45, 2.75) is 32.7 Å². The molecule has 0 amide bonds. The number of aromatic nitrogens is 3. The third-order valence-corrected chi connectivity index (χ3v) is 2.55. The van der Waals surface area contributed by atoms with E-state index in [1.54, 1.807) is 11.6 Å². The summed E-state index contributed by atoms with van der Waals surface area (Å²) in [6, 6.07) is 0. The van der Waals surface area contributed by atoms with E-state index in [1.165, 1.54) is 0 Å². The molecule has 0 bridgehead atoms.